The van der Waals surface area contributed by atoms with Gasteiger partial charge in [-0.2, -0.15) is 0 Å². The van der Waals surface area contributed by atoms with Gasteiger partial charge < -0.3 is 4.57 Å². The van der Waals surface area contributed by atoms with Gasteiger partial charge in [-0.1, -0.05) is 49.6 Å². The van der Waals surface area contributed by atoms with Gasteiger partial charge in [0.1, 0.15) is 17.2 Å². The molecule has 3 heterocycles. The molecule has 4 nitrogen and oxygen atoms in total. The van der Waals surface area contributed by atoms with E-state index in [0.717, 1.165) is 28.1 Å². The minimum atomic E-state index is 0.518. The topological polar surface area (TPSA) is 35.6 Å². The lowest BCUT2D eigenvalue weighted by molar-refractivity contribution is 0.351. The zero-order valence-corrected chi connectivity index (χ0v) is 14.8. The maximum atomic E-state index is 4.84. The van der Waals surface area contributed by atoms with Crippen molar-refractivity contribution in [3.63, 3.8) is 0 Å². The van der Waals surface area contributed by atoms with Crippen molar-refractivity contribution < 1.29 is 0 Å². The molecule has 5 rings (SSSR count). The van der Waals surface area contributed by atoms with Crippen LogP contribution in [-0.2, 0) is 0 Å². The van der Waals surface area contributed by atoms with Crippen LogP contribution in [0, 0.1) is 0 Å². The van der Waals surface area contributed by atoms with Crippen molar-refractivity contribution in [2.75, 3.05) is 0 Å². The predicted octanol–water partition coefficient (Wildman–Crippen LogP) is 5.39. The van der Waals surface area contributed by atoms with Crippen LogP contribution in [0.2, 0.25) is 0 Å². The molecule has 1 aliphatic carbocycles. The maximum absolute atomic E-state index is 4.84. The number of fused-ring (bicyclic) bond motifs is 1. The van der Waals surface area contributed by atoms with E-state index in [1.165, 1.54) is 32.1 Å². The molecule has 4 heteroatoms. The molecule has 0 spiro atoms. The maximum Gasteiger partial charge on any atom is 0.146 e. The van der Waals surface area contributed by atoms with Crippen molar-refractivity contribution >= 4 is 11.0 Å². The van der Waals surface area contributed by atoms with Gasteiger partial charge in [0.2, 0.25) is 0 Å². The van der Waals surface area contributed by atoms with E-state index < -0.39 is 0 Å². The molecule has 0 aliphatic heterocycles. The van der Waals surface area contributed by atoms with Crippen LogP contribution in [0.25, 0.3) is 28.1 Å². The van der Waals surface area contributed by atoms with E-state index in [9.17, 15) is 0 Å². The van der Waals surface area contributed by atoms with E-state index in [-0.39, 0.29) is 0 Å². The summed E-state index contributed by atoms with van der Waals surface area (Å²) < 4.78 is 4.59. The van der Waals surface area contributed by atoms with Crippen LogP contribution < -0.4 is 0 Å². The van der Waals surface area contributed by atoms with Crippen molar-refractivity contribution in [2.45, 2.75) is 38.1 Å². The zero-order chi connectivity index (χ0) is 17.3. The predicted molar refractivity (Wildman–Crippen MR) is 104 cm³/mol. The van der Waals surface area contributed by atoms with Crippen LogP contribution in [0.5, 0.6) is 0 Å². The first-order valence-electron chi connectivity index (χ1n) is 9.46. The minimum Gasteiger partial charge on any atom is -0.313 e. The summed E-state index contributed by atoms with van der Waals surface area (Å²) in [5.41, 5.74) is 3.16. The first-order chi connectivity index (χ1) is 12.9. The zero-order valence-electron chi connectivity index (χ0n) is 14.8. The number of imidazole rings is 1. The third-order valence-electron chi connectivity index (χ3n) is 5.46. The minimum absolute atomic E-state index is 0.518. The summed E-state index contributed by atoms with van der Waals surface area (Å²) in [5.74, 6) is 1.14. The molecule has 0 N–H and O–H groups in total. The SMILES string of the molecule is c1ccc(-c2ncn(C3CCCCC3)c2-n2ccc3cccnc32)cc1. The lowest BCUT2D eigenvalue weighted by atomic mass is 9.95. The van der Waals surface area contributed by atoms with Crippen LogP contribution in [-0.4, -0.2) is 19.1 Å². The molecule has 0 amide bonds. The number of hydrogen-bond acceptors (Lipinski definition) is 2. The standard InChI is InChI=1S/C22H22N4/c1-3-8-17(9-4-1)20-22(25-15-13-18-10-7-14-23-21(18)25)26(16-24-20)19-11-5-2-6-12-19/h1,3-4,7-10,13-16,19H,2,5-6,11-12H2. The smallest absolute Gasteiger partial charge is 0.146 e. The van der Waals surface area contributed by atoms with Crippen molar-refractivity contribution in [2.24, 2.45) is 0 Å². The molecule has 0 atom stereocenters. The Morgan fingerprint density at radius 3 is 2.54 bits per heavy atom. The van der Waals surface area contributed by atoms with E-state index >= 15 is 0 Å². The Balaban J connectivity index is 1.74. The largest absolute Gasteiger partial charge is 0.313 e. The second-order valence-corrected chi connectivity index (χ2v) is 7.08. The monoisotopic (exact) mass is 342 g/mol. The Morgan fingerprint density at radius 1 is 0.846 bits per heavy atom. The van der Waals surface area contributed by atoms with Gasteiger partial charge in [0, 0.05) is 29.4 Å². The second kappa shape index (κ2) is 6.45. The van der Waals surface area contributed by atoms with Crippen molar-refractivity contribution in [1.29, 1.82) is 0 Å². The number of aromatic nitrogens is 4. The van der Waals surface area contributed by atoms with Gasteiger partial charge in [-0.25, -0.2) is 9.97 Å². The van der Waals surface area contributed by atoms with Gasteiger partial charge in [-0.05, 0) is 31.0 Å². The van der Waals surface area contributed by atoms with Gasteiger partial charge >= 0.3 is 0 Å². The second-order valence-electron chi connectivity index (χ2n) is 7.08. The normalized spacial score (nSPS) is 15.5. The molecule has 0 saturated heterocycles. The molecular weight excluding hydrogens is 320 g/mol. The summed E-state index contributed by atoms with van der Waals surface area (Å²) in [7, 11) is 0. The highest BCUT2D eigenvalue weighted by Crippen LogP contribution is 2.35. The van der Waals surface area contributed by atoms with Crippen LogP contribution in [0.4, 0.5) is 0 Å². The average Bonchev–Trinajstić information content (AvgIpc) is 3.33. The Morgan fingerprint density at radius 2 is 1.69 bits per heavy atom. The van der Waals surface area contributed by atoms with Crippen molar-refractivity contribution in [1.82, 2.24) is 19.1 Å². The summed E-state index contributed by atoms with van der Waals surface area (Å²) in [6.07, 6.45) is 12.4. The van der Waals surface area contributed by atoms with Gasteiger partial charge in [-0.15, -0.1) is 0 Å². The molecule has 3 aromatic heterocycles. The molecule has 130 valence electrons. The van der Waals surface area contributed by atoms with Crippen molar-refractivity contribution in [3.8, 4) is 17.1 Å². The van der Waals surface area contributed by atoms with E-state index in [2.05, 4.69) is 56.7 Å². The Labute approximate surface area is 153 Å². The van der Waals surface area contributed by atoms with Gasteiger partial charge in [0.25, 0.3) is 0 Å². The first-order valence-corrected chi connectivity index (χ1v) is 9.46. The average molecular weight is 342 g/mol. The van der Waals surface area contributed by atoms with Crippen LogP contribution in [0.3, 0.4) is 0 Å². The van der Waals surface area contributed by atoms with E-state index in [4.69, 9.17) is 4.98 Å². The lowest BCUT2D eigenvalue weighted by Gasteiger charge is -2.25. The molecule has 1 aromatic carbocycles. The molecule has 26 heavy (non-hydrogen) atoms. The molecule has 0 unspecified atom stereocenters. The van der Waals surface area contributed by atoms with E-state index in [1.54, 1.807) is 0 Å². The van der Waals surface area contributed by atoms with E-state index in [0.29, 0.717) is 6.04 Å². The van der Waals surface area contributed by atoms with Crippen LogP contribution in [0.15, 0.2) is 67.3 Å². The molecule has 1 saturated carbocycles. The third kappa shape index (κ3) is 2.53. The summed E-state index contributed by atoms with van der Waals surface area (Å²) >= 11 is 0. The van der Waals surface area contributed by atoms with Gasteiger partial charge in [-0.3, -0.25) is 4.57 Å². The Kier molecular flexibility index (Phi) is 3.81. The Bertz CT molecular complexity index is 1020. The molecule has 1 fully saturated rings. The highest BCUT2D eigenvalue weighted by atomic mass is 15.2. The number of rotatable bonds is 3. The molecule has 0 radical (unpaired) electrons. The quantitative estimate of drug-likeness (QED) is 0.500. The van der Waals surface area contributed by atoms with Gasteiger partial charge in [0.05, 0.1) is 6.33 Å². The van der Waals surface area contributed by atoms with Crippen LogP contribution >= 0.6 is 0 Å². The highest BCUT2D eigenvalue weighted by molar-refractivity contribution is 5.80. The lowest BCUT2D eigenvalue weighted by Crippen LogP contribution is -2.15. The molecular formula is C22H22N4. The number of pyridine rings is 1. The number of hydrogen-bond donors (Lipinski definition) is 0. The highest BCUT2D eigenvalue weighted by Gasteiger charge is 2.23. The molecule has 0 bridgehead atoms. The summed E-state index contributed by atoms with van der Waals surface area (Å²) in [5, 5.41) is 1.16. The molecule has 1 aliphatic rings. The number of benzene rings is 1. The Hall–Kier alpha value is -2.88. The number of nitrogens with zero attached hydrogens (tertiary/aromatic N) is 4. The van der Waals surface area contributed by atoms with Gasteiger partial charge in [0.15, 0.2) is 0 Å². The third-order valence-corrected chi connectivity index (χ3v) is 5.46. The fourth-order valence-electron chi connectivity index (χ4n) is 4.16. The summed E-state index contributed by atoms with van der Waals surface area (Å²) in [6, 6.07) is 17.2. The fourth-order valence-corrected chi connectivity index (χ4v) is 4.16. The first kappa shape index (κ1) is 15.4. The summed E-state index contributed by atoms with van der Waals surface area (Å²) in [4.78, 5) is 9.48. The van der Waals surface area contributed by atoms with E-state index in [1.807, 2.05) is 24.7 Å². The summed E-state index contributed by atoms with van der Waals surface area (Å²) in [6.45, 7) is 0. The molecule has 4 aromatic rings. The fraction of sp³-hybridized carbons (Fsp3) is 0.273. The van der Waals surface area contributed by atoms with Crippen molar-refractivity contribution in [3.05, 3.63) is 67.3 Å². The van der Waals surface area contributed by atoms with Crippen LogP contribution in [0.1, 0.15) is 38.1 Å².